The Morgan fingerprint density at radius 2 is 2.19 bits per heavy atom. The van der Waals surface area contributed by atoms with E-state index in [0.717, 1.165) is 0 Å². The normalized spacial score (nSPS) is 18.9. The molecule has 1 aromatic carbocycles. The first-order chi connectivity index (χ1) is 17.8. The molecule has 0 saturated carbocycles. The van der Waals surface area contributed by atoms with Gasteiger partial charge in [-0.1, -0.05) is 11.3 Å². The molecule has 1 aliphatic heterocycles. The Morgan fingerprint density at radius 1 is 1.38 bits per heavy atom. The average Bonchev–Trinajstić information content (AvgIpc) is 3.43. The van der Waals surface area contributed by atoms with Crippen LogP contribution in [0.3, 0.4) is 0 Å². The van der Waals surface area contributed by atoms with Crippen molar-refractivity contribution in [2.75, 3.05) is 32.1 Å². The molecule has 0 unspecified atom stereocenters. The van der Waals surface area contributed by atoms with Crippen LogP contribution in [-0.4, -0.2) is 90.7 Å². The van der Waals surface area contributed by atoms with Gasteiger partial charge in [-0.2, -0.15) is 4.98 Å². The van der Waals surface area contributed by atoms with Crippen LogP contribution in [0.4, 0.5) is 19.1 Å². The van der Waals surface area contributed by atoms with E-state index in [4.69, 9.17) is 9.84 Å². The van der Waals surface area contributed by atoms with Gasteiger partial charge in [-0.05, 0) is 31.0 Å². The number of aliphatic hydroxyl groups excluding tert-OH is 1. The fourth-order valence-electron chi connectivity index (χ4n) is 4.55. The number of carbonyl (C=O) groups is 1. The molecule has 1 aliphatic rings. The molecule has 1 amide bonds. The molecule has 0 aliphatic carbocycles. The Morgan fingerprint density at radius 3 is 2.89 bits per heavy atom. The van der Waals surface area contributed by atoms with Gasteiger partial charge < -0.3 is 20.1 Å². The van der Waals surface area contributed by atoms with E-state index in [-0.39, 0.29) is 49.0 Å². The second-order valence-electron chi connectivity index (χ2n) is 8.90. The van der Waals surface area contributed by atoms with Crippen LogP contribution in [0, 0.1) is 5.82 Å². The van der Waals surface area contributed by atoms with E-state index in [9.17, 15) is 13.6 Å². The van der Waals surface area contributed by atoms with Crippen molar-refractivity contribution in [2.24, 2.45) is 0 Å². The number of benzene rings is 1. The molecule has 5 rings (SSSR count). The first-order valence-corrected chi connectivity index (χ1v) is 11.7. The zero-order valence-corrected chi connectivity index (χ0v) is 20.1. The summed E-state index contributed by atoms with van der Waals surface area (Å²) in [5.41, 5.74) is 1.97. The van der Waals surface area contributed by atoms with E-state index in [1.807, 2.05) is 0 Å². The van der Waals surface area contributed by atoms with Crippen LogP contribution in [0.1, 0.15) is 13.3 Å². The number of nitrogens with zero attached hydrogens (tertiary/aromatic N) is 7. The SMILES string of the molecule is COc1nc(N[C@H]2CCN(C(=O)CO)C[C@H]2F)nn2cc(F)c(-c3ccc4nnn(C[C@@H](C)F)c4c3)c12. The largest absolute Gasteiger partial charge is 0.479 e. The number of alkyl halides is 2. The number of amides is 1. The number of ether oxygens (including phenoxy) is 1. The fraction of sp³-hybridized carbons (Fsp3) is 0.435. The summed E-state index contributed by atoms with van der Waals surface area (Å²) in [7, 11) is 1.38. The minimum atomic E-state index is -1.43. The highest BCUT2D eigenvalue weighted by Gasteiger charge is 2.32. The molecule has 0 bridgehead atoms. The smallest absolute Gasteiger partial charge is 0.248 e. The summed E-state index contributed by atoms with van der Waals surface area (Å²) in [5.74, 6) is -1.05. The summed E-state index contributed by atoms with van der Waals surface area (Å²) in [6.07, 6.45) is -1.14. The predicted molar refractivity (Wildman–Crippen MR) is 127 cm³/mol. The second kappa shape index (κ2) is 9.84. The Kier molecular flexibility index (Phi) is 6.58. The molecular weight excluding hydrogens is 493 g/mol. The Bertz CT molecular complexity index is 1460. The van der Waals surface area contributed by atoms with Gasteiger partial charge in [-0.15, -0.1) is 10.2 Å². The van der Waals surface area contributed by atoms with Crippen LogP contribution in [0.15, 0.2) is 24.4 Å². The molecule has 2 N–H and O–H groups in total. The topological polar surface area (TPSA) is 123 Å². The monoisotopic (exact) mass is 518 g/mol. The van der Waals surface area contributed by atoms with Crippen LogP contribution in [-0.2, 0) is 11.3 Å². The van der Waals surface area contributed by atoms with Crippen molar-refractivity contribution in [2.45, 2.75) is 38.3 Å². The van der Waals surface area contributed by atoms with E-state index in [1.54, 1.807) is 18.2 Å². The molecule has 3 atom stereocenters. The second-order valence-corrected chi connectivity index (χ2v) is 8.90. The number of nitrogens with one attached hydrogen (secondary N) is 1. The van der Waals surface area contributed by atoms with Crippen molar-refractivity contribution >= 4 is 28.4 Å². The zero-order valence-electron chi connectivity index (χ0n) is 20.1. The standard InChI is InChI=1S/C23H25F3N8O3/c1-12(24)8-33-18-7-13(3-4-17(18)29-31-33)20-15(26)10-34-21(20)22(37-2)28-23(30-34)27-16-5-6-32(9-14(16)25)19(36)11-35/h3-4,7,10,12,14,16,35H,5-6,8-9,11H2,1-2H3,(H,27,30)/t12-,14-,16+/m1/s1. The number of anilines is 1. The van der Waals surface area contributed by atoms with Crippen LogP contribution >= 0.6 is 0 Å². The summed E-state index contributed by atoms with van der Waals surface area (Å²) in [6.45, 7) is 0.824. The van der Waals surface area contributed by atoms with E-state index in [0.29, 0.717) is 16.6 Å². The van der Waals surface area contributed by atoms with Crippen LogP contribution in [0.2, 0.25) is 0 Å². The third-order valence-corrected chi connectivity index (χ3v) is 6.32. The molecule has 4 heterocycles. The highest BCUT2D eigenvalue weighted by atomic mass is 19.1. The molecule has 1 fully saturated rings. The van der Waals surface area contributed by atoms with Crippen LogP contribution < -0.4 is 10.1 Å². The van der Waals surface area contributed by atoms with Gasteiger partial charge in [0, 0.05) is 6.54 Å². The maximum absolute atomic E-state index is 15.3. The van der Waals surface area contributed by atoms with E-state index in [1.165, 1.54) is 34.3 Å². The van der Waals surface area contributed by atoms with Crippen molar-refractivity contribution in [3.63, 3.8) is 0 Å². The van der Waals surface area contributed by atoms with Gasteiger partial charge in [-0.3, -0.25) is 4.79 Å². The molecule has 1 saturated heterocycles. The van der Waals surface area contributed by atoms with Crippen LogP contribution in [0.25, 0.3) is 27.7 Å². The lowest BCUT2D eigenvalue weighted by Crippen LogP contribution is -2.50. The number of hydrogen-bond acceptors (Lipinski definition) is 8. The van der Waals surface area contributed by atoms with Gasteiger partial charge in [0.05, 0.1) is 43.5 Å². The number of aliphatic hydroxyl groups is 1. The Hall–Kier alpha value is -3.94. The zero-order chi connectivity index (χ0) is 26.3. The lowest BCUT2D eigenvalue weighted by molar-refractivity contribution is -0.136. The quantitative estimate of drug-likeness (QED) is 0.381. The molecular formula is C23H25F3N8O3. The van der Waals surface area contributed by atoms with Gasteiger partial charge >= 0.3 is 0 Å². The molecule has 14 heteroatoms. The van der Waals surface area contributed by atoms with Crippen molar-refractivity contribution in [3.8, 4) is 17.0 Å². The molecule has 37 heavy (non-hydrogen) atoms. The van der Waals surface area contributed by atoms with Gasteiger partial charge in [0.25, 0.3) is 0 Å². The van der Waals surface area contributed by atoms with Gasteiger partial charge in [0.15, 0.2) is 5.82 Å². The van der Waals surface area contributed by atoms with E-state index >= 15 is 4.39 Å². The van der Waals surface area contributed by atoms with Gasteiger partial charge in [0.2, 0.25) is 17.7 Å². The van der Waals surface area contributed by atoms with Gasteiger partial charge in [-0.25, -0.2) is 22.4 Å². The van der Waals surface area contributed by atoms with Crippen molar-refractivity contribution in [1.29, 1.82) is 0 Å². The molecule has 196 valence electrons. The van der Waals surface area contributed by atoms with Crippen molar-refractivity contribution < 1.29 is 27.8 Å². The lowest BCUT2D eigenvalue weighted by atomic mass is 10.0. The predicted octanol–water partition coefficient (Wildman–Crippen LogP) is 1.99. The number of aromatic nitrogens is 6. The molecule has 4 aromatic rings. The van der Waals surface area contributed by atoms with Gasteiger partial charge in [0.1, 0.15) is 30.0 Å². The third kappa shape index (κ3) is 4.63. The number of halogens is 3. The highest BCUT2D eigenvalue weighted by Crippen LogP contribution is 2.35. The number of rotatable bonds is 7. The lowest BCUT2D eigenvalue weighted by Gasteiger charge is -2.34. The first kappa shape index (κ1) is 24.7. The van der Waals surface area contributed by atoms with E-state index < -0.39 is 36.7 Å². The third-order valence-electron chi connectivity index (χ3n) is 6.32. The minimum absolute atomic E-state index is 0.00303. The number of fused-ring (bicyclic) bond motifs is 2. The minimum Gasteiger partial charge on any atom is -0.479 e. The number of likely N-dealkylation sites (tertiary alicyclic amines) is 1. The Labute approximate surface area is 208 Å². The number of carbonyl (C=O) groups excluding carboxylic acids is 1. The maximum Gasteiger partial charge on any atom is 0.248 e. The highest BCUT2D eigenvalue weighted by molar-refractivity contribution is 5.89. The maximum atomic E-state index is 15.3. The van der Waals surface area contributed by atoms with Crippen molar-refractivity contribution in [1.82, 2.24) is 34.5 Å². The molecule has 3 aromatic heterocycles. The van der Waals surface area contributed by atoms with Crippen LogP contribution in [0.5, 0.6) is 5.88 Å². The number of hydrogen-bond donors (Lipinski definition) is 2. The Balaban J connectivity index is 1.48. The summed E-state index contributed by atoms with van der Waals surface area (Å²) in [5, 5.41) is 24.2. The first-order valence-electron chi connectivity index (χ1n) is 11.7. The number of piperidine rings is 1. The molecule has 0 radical (unpaired) electrons. The summed E-state index contributed by atoms with van der Waals surface area (Å²) in [6, 6.07) is 4.30. The fourth-order valence-corrected chi connectivity index (χ4v) is 4.55. The van der Waals surface area contributed by atoms with Crippen molar-refractivity contribution in [3.05, 3.63) is 30.2 Å². The molecule has 0 spiro atoms. The number of methoxy groups -OCH3 is 1. The average molecular weight is 519 g/mol. The summed E-state index contributed by atoms with van der Waals surface area (Å²) in [4.78, 5) is 17.3. The summed E-state index contributed by atoms with van der Waals surface area (Å²) >= 11 is 0. The summed E-state index contributed by atoms with van der Waals surface area (Å²) < 4.78 is 51.7. The molecule has 11 nitrogen and oxygen atoms in total. The van der Waals surface area contributed by atoms with E-state index in [2.05, 4.69) is 25.7 Å².